The van der Waals surface area contributed by atoms with E-state index in [0.29, 0.717) is 17.2 Å². The fraction of sp³-hybridized carbons (Fsp3) is 0.0385. The molecule has 0 heterocycles. The topological polar surface area (TPSA) is 47.6 Å². The zero-order valence-electron chi connectivity index (χ0n) is 16.3. The van der Waals surface area contributed by atoms with Crippen LogP contribution >= 0.6 is 0 Å². The standard InChI is InChI=1S/C26H21NO3/c28-26(19-29-23-15-11-21(12-16-23)20-7-3-1-4-8-20)27-22-13-17-25(18-14-22)30-24-9-5-2-6-10-24/h1-18H,19H2,(H,27,28). The molecule has 0 atom stereocenters. The molecule has 4 nitrogen and oxygen atoms in total. The lowest BCUT2D eigenvalue weighted by atomic mass is 10.1. The predicted molar refractivity (Wildman–Crippen MR) is 119 cm³/mol. The Kier molecular flexibility index (Phi) is 6.06. The van der Waals surface area contributed by atoms with Gasteiger partial charge in [0.15, 0.2) is 6.61 Å². The highest BCUT2D eigenvalue weighted by atomic mass is 16.5. The van der Waals surface area contributed by atoms with Crippen molar-refractivity contribution in [2.75, 3.05) is 11.9 Å². The van der Waals surface area contributed by atoms with Gasteiger partial charge >= 0.3 is 0 Å². The Morgan fingerprint density at radius 2 is 1.13 bits per heavy atom. The molecule has 0 spiro atoms. The van der Waals surface area contributed by atoms with E-state index >= 15 is 0 Å². The van der Waals surface area contributed by atoms with E-state index in [4.69, 9.17) is 9.47 Å². The second kappa shape index (κ2) is 9.43. The number of para-hydroxylation sites is 1. The van der Waals surface area contributed by atoms with Gasteiger partial charge in [0.2, 0.25) is 0 Å². The maximum absolute atomic E-state index is 12.2. The van der Waals surface area contributed by atoms with Crippen LogP contribution in [-0.4, -0.2) is 12.5 Å². The van der Waals surface area contributed by atoms with Gasteiger partial charge in [-0.25, -0.2) is 0 Å². The second-order valence-electron chi connectivity index (χ2n) is 6.67. The van der Waals surface area contributed by atoms with Crippen LogP contribution in [0.4, 0.5) is 5.69 Å². The molecule has 4 heteroatoms. The lowest BCUT2D eigenvalue weighted by molar-refractivity contribution is -0.118. The summed E-state index contributed by atoms with van der Waals surface area (Å²) < 4.78 is 11.3. The van der Waals surface area contributed by atoms with Crippen molar-refractivity contribution >= 4 is 11.6 Å². The number of hydrogen-bond donors (Lipinski definition) is 1. The first kappa shape index (κ1) is 19.3. The number of benzene rings is 4. The molecule has 0 bridgehead atoms. The van der Waals surface area contributed by atoms with E-state index in [1.807, 2.05) is 84.9 Å². The van der Waals surface area contributed by atoms with Gasteiger partial charge in [-0.3, -0.25) is 4.79 Å². The lowest BCUT2D eigenvalue weighted by Crippen LogP contribution is -2.20. The van der Waals surface area contributed by atoms with Crippen molar-refractivity contribution in [3.05, 3.63) is 109 Å². The third-order valence-corrected chi connectivity index (χ3v) is 4.45. The van der Waals surface area contributed by atoms with Crippen molar-refractivity contribution in [2.45, 2.75) is 0 Å². The quantitative estimate of drug-likeness (QED) is 0.407. The molecule has 1 N–H and O–H groups in total. The third-order valence-electron chi connectivity index (χ3n) is 4.45. The van der Waals surface area contributed by atoms with E-state index in [-0.39, 0.29) is 12.5 Å². The molecule has 0 radical (unpaired) electrons. The van der Waals surface area contributed by atoms with Crippen LogP contribution in [0.15, 0.2) is 109 Å². The Morgan fingerprint density at radius 1 is 0.600 bits per heavy atom. The smallest absolute Gasteiger partial charge is 0.262 e. The van der Waals surface area contributed by atoms with Crippen LogP contribution in [0.1, 0.15) is 0 Å². The zero-order chi connectivity index (χ0) is 20.6. The molecule has 0 fully saturated rings. The summed E-state index contributed by atoms with van der Waals surface area (Å²) in [6, 6.07) is 34.6. The Bertz CT molecular complexity index is 1080. The van der Waals surface area contributed by atoms with Crippen molar-refractivity contribution in [3.8, 4) is 28.4 Å². The van der Waals surface area contributed by atoms with Gasteiger partial charge in [-0.2, -0.15) is 0 Å². The van der Waals surface area contributed by atoms with Crippen LogP contribution in [0, 0.1) is 0 Å². The largest absolute Gasteiger partial charge is 0.484 e. The number of amides is 1. The number of nitrogens with one attached hydrogen (secondary N) is 1. The lowest BCUT2D eigenvalue weighted by Gasteiger charge is -2.09. The van der Waals surface area contributed by atoms with Crippen molar-refractivity contribution in [3.63, 3.8) is 0 Å². The van der Waals surface area contributed by atoms with E-state index in [1.165, 1.54) is 0 Å². The summed E-state index contributed by atoms with van der Waals surface area (Å²) in [7, 11) is 0. The van der Waals surface area contributed by atoms with Gasteiger partial charge in [0, 0.05) is 5.69 Å². The summed E-state index contributed by atoms with van der Waals surface area (Å²) in [5.41, 5.74) is 2.93. The van der Waals surface area contributed by atoms with Gasteiger partial charge in [-0.15, -0.1) is 0 Å². The maximum atomic E-state index is 12.2. The number of carbonyl (C=O) groups is 1. The van der Waals surface area contributed by atoms with Crippen LogP contribution in [0.25, 0.3) is 11.1 Å². The normalized spacial score (nSPS) is 10.3. The maximum Gasteiger partial charge on any atom is 0.262 e. The minimum Gasteiger partial charge on any atom is -0.484 e. The molecule has 148 valence electrons. The predicted octanol–water partition coefficient (Wildman–Crippen LogP) is 6.16. The Morgan fingerprint density at radius 3 is 1.80 bits per heavy atom. The monoisotopic (exact) mass is 395 g/mol. The first-order valence-electron chi connectivity index (χ1n) is 9.67. The number of ether oxygens (including phenoxy) is 2. The Labute approximate surface area is 175 Å². The van der Waals surface area contributed by atoms with Gasteiger partial charge < -0.3 is 14.8 Å². The van der Waals surface area contributed by atoms with Crippen molar-refractivity contribution in [2.24, 2.45) is 0 Å². The van der Waals surface area contributed by atoms with Gasteiger partial charge in [-0.1, -0.05) is 60.7 Å². The molecular formula is C26H21NO3. The summed E-state index contributed by atoms with van der Waals surface area (Å²) in [5, 5.41) is 2.82. The van der Waals surface area contributed by atoms with E-state index in [0.717, 1.165) is 16.9 Å². The van der Waals surface area contributed by atoms with Gasteiger partial charge in [0.1, 0.15) is 17.2 Å². The molecule has 0 aliphatic carbocycles. The van der Waals surface area contributed by atoms with Crippen LogP contribution in [0.2, 0.25) is 0 Å². The molecular weight excluding hydrogens is 374 g/mol. The third kappa shape index (κ3) is 5.26. The average molecular weight is 395 g/mol. The molecule has 0 aliphatic rings. The van der Waals surface area contributed by atoms with Gasteiger partial charge in [-0.05, 0) is 59.7 Å². The highest BCUT2D eigenvalue weighted by molar-refractivity contribution is 5.91. The Hall–Kier alpha value is -4.05. The minimum atomic E-state index is -0.223. The van der Waals surface area contributed by atoms with Crippen LogP contribution in [0.5, 0.6) is 17.2 Å². The molecule has 4 aromatic rings. The van der Waals surface area contributed by atoms with Gasteiger partial charge in [0.25, 0.3) is 5.91 Å². The number of hydrogen-bond acceptors (Lipinski definition) is 3. The van der Waals surface area contributed by atoms with Crippen LogP contribution in [0.3, 0.4) is 0 Å². The minimum absolute atomic E-state index is 0.0625. The summed E-state index contributed by atoms with van der Waals surface area (Å²) in [6.07, 6.45) is 0. The van der Waals surface area contributed by atoms with Crippen LogP contribution < -0.4 is 14.8 Å². The summed E-state index contributed by atoms with van der Waals surface area (Å²) in [4.78, 5) is 12.2. The molecule has 0 unspecified atom stereocenters. The van der Waals surface area contributed by atoms with Crippen molar-refractivity contribution in [1.82, 2.24) is 0 Å². The molecule has 0 saturated carbocycles. The summed E-state index contributed by atoms with van der Waals surface area (Å²) >= 11 is 0. The second-order valence-corrected chi connectivity index (χ2v) is 6.67. The van der Waals surface area contributed by atoms with Crippen LogP contribution in [-0.2, 0) is 4.79 Å². The fourth-order valence-electron chi connectivity index (χ4n) is 2.95. The van der Waals surface area contributed by atoms with E-state index in [9.17, 15) is 4.79 Å². The molecule has 1 amide bonds. The number of carbonyl (C=O) groups excluding carboxylic acids is 1. The van der Waals surface area contributed by atoms with Gasteiger partial charge in [0.05, 0.1) is 0 Å². The molecule has 0 aliphatic heterocycles. The summed E-state index contributed by atoms with van der Waals surface area (Å²) in [6.45, 7) is -0.0625. The highest BCUT2D eigenvalue weighted by Gasteiger charge is 2.05. The van der Waals surface area contributed by atoms with Crippen molar-refractivity contribution < 1.29 is 14.3 Å². The van der Waals surface area contributed by atoms with E-state index < -0.39 is 0 Å². The first-order chi connectivity index (χ1) is 14.8. The highest BCUT2D eigenvalue weighted by Crippen LogP contribution is 2.23. The number of rotatable bonds is 7. The van der Waals surface area contributed by atoms with Crippen molar-refractivity contribution in [1.29, 1.82) is 0 Å². The Balaban J connectivity index is 1.27. The van der Waals surface area contributed by atoms with E-state index in [1.54, 1.807) is 12.1 Å². The molecule has 0 aromatic heterocycles. The fourth-order valence-corrected chi connectivity index (χ4v) is 2.95. The first-order valence-corrected chi connectivity index (χ1v) is 9.67. The molecule has 4 rings (SSSR count). The zero-order valence-corrected chi connectivity index (χ0v) is 16.3. The molecule has 30 heavy (non-hydrogen) atoms. The molecule has 4 aromatic carbocycles. The number of anilines is 1. The SMILES string of the molecule is O=C(COc1ccc(-c2ccccc2)cc1)Nc1ccc(Oc2ccccc2)cc1. The van der Waals surface area contributed by atoms with E-state index in [2.05, 4.69) is 17.4 Å². The average Bonchev–Trinajstić information content (AvgIpc) is 2.81. The summed E-state index contributed by atoms with van der Waals surface area (Å²) in [5.74, 6) is 1.89. The molecule has 0 saturated heterocycles.